The van der Waals surface area contributed by atoms with Crippen molar-refractivity contribution in [3.63, 3.8) is 0 Å². The van der Waals surface area contributed by atoms with Gasteiger partial charge in [0.2, 0.25) is 17.6 Å². The van der Waals surface area contributed by atoms with E-state index in [2.05, 4.69) is 15.5 Å². The molecular weight excluding hydrogens is 344 g/mol. The first kappa shape index (κ1) is 18.0. The topological polar surface area (TPSA) is 80.5 Å². The van der Waals surface area contributed by atoms with E-state index < -0.39 is 0 Å². The molecule has 0 radical (unpaired) electrons. The van der Waals surface area contributed by atoms with Gasteiger partial charge < -0.3 is 19.5 Å². The second-order valence-electron chi connectivity index (χ2n) is 7.36. The highest BCUT2D eigenvalue weighted by Crippen LogP contribution is 2.22. The van der Waals surface area contributed by atoms with Crippen LogP contribution in [-0.4, -0.2) is 53.2 Å². The van der Waals surface area contributed by atoms with Crippen LogP contribution in [0.15, 0.2) is 28.8 Å². The lowest BCUT2D eigenvalue weighted by Gasteiger charge is -2.24. The number of hydrogen-bond donors (Lipinski definition) is 1. The first-order chi connectivity index (χ1) is 13.2. The molecule has 2 saturated heterocycles. The lowest BCUT2D eigenvalue weighted by molar-refractivity contribution is -0.131. The zero-order valence-corrected chi connectivity index (χ0v) is 15.7. The smallest absolute Gasteiger partial charge is 0.226 e. The summed E-state index contributed by atoms with van der Waals surface area (Å²) in [4.78, 5) is 19.0. The van der Waals surface area contributed by atoms with E-state index in [1.165, 1.54) is 12.8 Å². The van der Waals surface area contributed by atoms with E-state index in [1.54, 1.807) is 7.11 Å². The van der Waals surface area contributed by atoms with E-state index in [4.69, 9.17) is 9.26 Å². The molecule has 2 aliphatic rings. The van der Waals surface area contributed by atoms with Gasteiger partial charge in [0.05, 0.1) is 7.11 Å². The molecule has 0 saturated carbocycles. The molecular formula is C20H26N4O3. The normalized spacial score (nSPS) is 21.9. The number of methoxy groups -OCH3 is 1. The zero-order chi connectivity index (χ0) is 18.6. The molecule has 1 N–H and O–H groups in total. The van der Waals surface area contributed by atoms with Crippen molar-refractivity contribution in [2.75, 3.05) is 20.2 Å². The third-order valence-corrected chi connectivity index (χ3v) is 5.47. The van der Waals surface area contributed by atoms with E-state index in [0.29, 0.717) is 36.6 Å². The van der Waals surface area contributed by atoms with Crippen molar-refractivity contribution in [2.24, 2.45) is 0 Å². The SMILES string of the molecule is COc1ccc(-c2noc(CCCC(=O)N3CCC4CCC(C3)N4)n2)cc1. The van der Waals surface area contributed by atoms with E-state index in [9.17, 15) is 4.79 Å². The number of likely N-dealkylation sites (tertiary alicyclic amines) is 1. The Bertz CT molecular complexity index is 774. The van der Waals surface area contributed by atoms with Crippen molar-refractivity contribution in [3.05, 3.63) is 30.2 Å². The van der Waals surface area contributed by atoms with Crippen LogP contribution in [0.5, 0.6) is 5.75 Å². The molecule has 0 spiro atoms. The van der Waals surface area contributed by atoms with Gasteiger partial charge in [-0.15, -0.1) is 0 Å². The number of aryl methyl sites for hydroxylation is 1. The van der Waals surface area contributed by atoms with Gasteiger partial charge in [-0.1, -0.05) is 5.16 Å². The molecule has 1 amide bonds. The molecule has 1 aromatic heterocycles. The second kappa shape index (κ2) is 8.08. The summed E-state index contributed by atoms with van der Waals surface area (Å²) < 4.78 is 10.5. The summed E-state index contributed by atoms with van der Waals surface area (Å²) in [6.45, 7) is 1.71. The Balaban J connectivity index is 1.26. The molecule has 2 atom stereocenters. The molecule has 2 bridgehead atoms. The Morgan fingerprint density at radius 3 is 2.89 bits per heavy atom. The minimum Gasteiger partial charge on any atom is -0.497 e. The molecule has 7 heteroatoms. The van der Waals surface area contributed by atoms with Crippen molar-refractivity contribution < 1.29 is 14.1 Å². The van der Waals surface area contributed by atoms with Gasteiger partial charge in [-0.2, -0.15) is 4.98 Å². The number of ether oxygens (including phenoxy) is 1. The summed E-state index contributed by atoms with van der Waals surface area (Å²) >= 11 is 0. The average Bonchev–Trinajstić information content (AvgIpc) is 3.28. The Hall–Kier alpha value is -2.41. The van der Waals surface area contributed by atoms with Crippen LogP contribution in [0.3, 0.4) is 0 Å². The van der Waals surface area contributed by atoms with Crippen LogP contribution in [-0.2, 0) is 11.2 Å². The Labute approximate surface area is 159 Å². The summed E-state index contributed by atoms with van der Waals surface area (Å²) in [5, 5.41) is 7.65. The molecule has 144 valence electrons. The number of benzene rings is 1. The van der Waals surface area contributed by atoms with Crippen LogP contribution >= 0.6 is 0 Å². The highest BCUT2D eigenvalue weighted by molar-refractivity contribution is 5.76. The zero-order valence-electron chi connectivity index (χ0n) is 15.7. The summed E-state index contributed by atoms with van der Waals surface area (Å²) in [5.74, 6) is 2.16. The Morgan fingerprint density at radius 2 is 2.07 bits per heavy atom. The van der Waals surface area contributed by atoms with Gasteiger partial charge in [-0.3, -0.25) is 4.79 Å². The van der Waals surface area contributed by atoms with Gasteiger partial charge in [-0.05, 0) is 49.9 Å². The van der Waals surface area contributed by atoms with Crippen LogP contribution in [0, 0.1) is 0 Å². The number of carbonyl (C=O) groups is 1. The molecule has 3 heterocycles. The van der Waals surface area contributed by atoms with Gasteiger partial charge in [-0.25, -0.2) is 0 Å². The molecule has 7 nitrogen and oxygen atoms in total. The monoisotopic (exact) mass is 370 g/mol. The van der Waals surface area contributed by atoms with Gasteiger partial charge in [0.15, 0.2) is 0 Å². The average molecular weight is 370 g/mol. The van der Waals surface area contributed by atoms with Gasteiger partial charge in [0.1, 0.15) is 5.75 Å². The molecule has 4 rings (SSSR count). The number of fused-ring (bicyclic) bond motifs is 2. The highest BCUT2D eigenvalue weighted by atomic mass is 16.5. The molecule has 2 unspecified atom stereocenters. The predicted octanol–water partition coefficient (Wildman–Crippen LogP) is 2.42. The molecule has 2 aromatic rings. The lowest BCUT2D eigenvalue weighted by Crippen LogP contribution is -2.38. The highest BCUT2D eigenvalue weighted by Gasteiger charge is 2.30. The maximum Gasteiger partial charge on any atom is 0.226 e. The summed E-state index contributed by atoms with van der Waals surface area (Å²) in [6, 6.07) is 8.61. The minimum absolute atomic E-state index is 0.235. The van der Waals surface area contributed by atoms with Crippen LogP contribution in [0.4, 0.5) is 0 Å². The summed E-state index contributed by atoms with van der Waals surface area (Å²) in [7, 11) is 1.63. The number of nitrogens with one attached hydrogen (secondary N) is 1. The fourth-order valence-corrected chi connectivity index (χ4v) is 3.93. The molecule has 1 aromatic carbocycles. The second-order valence-corrected chi connectivity index (χ2v) is 7.36. The van der Waals surface area contributed by atoms with Gasteiger partial charge >= 0.3 is 0 Å². The van der Waals surface area contributed by atoms with Crippen molar-refractivity contribution in [1.29, 1.82) is 0 Å². The standard InChI is InChI=1S/C20H26N4O3/c1-26-17-9-5-14(6-10-17)20-22-18(27-23-20)3-2-4-19(25)24-12-11-15-7-8-16(13-24)21-15/h5-6,9-10,15-16,21H,2-4,7-8,11-13H2,1H3. The third kappa shape index (κ3) is 4.30. The minimum atomic E-state index is 0.235. The maximum atomic E-state index is 12.5. The van der Waals surface area contributed by atoms with Crippen molar-refractivity contribution in [3.8, 4) is 17.1 Å². The Morgan fingerprint density at radius 1 is 1.26 bits per heavy atom. The number of aromatic nitrogens is 2. The quantitative estimate of drug-likeness (QED) is 0.841. The number of hydrogen-bond acceptors (Lipinski definition) is 6. The summed E-state index contributed by atoms with van der Waals surface area (Å²) in [5.41, 5.74) is 0.883. The van der Waals surface area contributed by atoms with E-state index in [1.807, 2.05) is 29.2 Å². The number of carbonyl (C=O) groups excluding carboxylic acids is 1. The summed E-state index contributed by atoms with van der Waals surface area (Å²) in [6.07, 6.45) is 5.37. The maximum absolute atomic E-state index is 12.5. The van der Waals surface area contributed by atoms with E-state index in [0.717, 1.165) is 37.2 Å². The number of amides is 1. The largest absolute Gasteiger partial charge is 0.497 e. The fourth-order valence-electron chi connectivity index (χ4n) is 3.93. The first-order valence-corrected chi connectivity index (χ1v) is 9.72. The van der Waals surface area contributed by atoms with Crippen LogP contribution in [0.2, 0.25) is 0 Å². The van der Waals surface area contributed by atoms with Crippen LogP contribution in [0.25, 0.3) is 11.4 Å². The van der Waals surface area contributed by atoms with Crippen LogP contribution in [0.1, 0.15) is 38.0 Å². The van der Waals surface area contributed by atoms with Crippen molar-refractivity contribution in [1.82, 2.24) is 20.4 Å². The first-order valence-electron chi connectivity index (χ1n) is 9.72. The number of rotatable bonds is 6. The van der Waals surface area contributed by atoms with Gasteiger partial charge in [0.25, 0.3) is 0 Å². The van der Waals surface area contributed by atoms with Crippen LogP contribution < -0.4 is 10.1 Å². The van der Waals surface area contributed by atoms with Crippen molar-refractivity contribution >= 4 is 5.91 Å². The lowest BCUT2D eigenvalue weighted by atomic mass is 10.1. The molecule has 27 heavy (non-hydrogen) atoms. The fraction of sp³-hybridized carbons (Fsp3) is 0.550. The number of nitrogens with zero attached hydrogens (tertiary/aromatic N) is 3. The van der Waals surface area contributed by atoms with Gasteiger partial charge in [0, 0.05) is 43.6 Å². The predicted molar refractivity (Wildman–Crippen MR) is 100 cm³/mol. The Kier molecular flexibility index (Phi) is 5.38. The molecule has 2 fully saturated rings. The molecule has 2 aliphatic heterocycles. The molecule has 0 aliphatic carbocycles. The van der Waals surface area contributed by atoms with E-state index >= 15 is 0 Å². The van der Waals surface area contributed by atoms with E-state index in [-0.39, 0.29) is 5.91 Å². The third-order valence-electron chi connectivity index (χ3n) is 5.47. The van der Waals surface area contributed by atoms with Crippen molar-refractivity contribution in [2.45, 2.75) is 50.6 Å².